The monoisotopic (exact) mass is 236 g/mol. The zero-order valence-electron chi connectivity index (χ0n) is 10.9. The van der Waals surface area contributed by atoms with E-state index in [2.05, 4.69) is 12.2 Å². The summed E-state index contributed by atoms with van der Waals surface area (Å²) in [7, 11) is 3.43. The van der Waals surface area contributed by atoms with E-state index in [0.717, 1.165) is 23.4 Å². The third-order valence-corrected chi connectivity index (χ3v) is 2.40. The van der Waals surface area contributed by atoms with Crippen molar-refractivity contribution >= 4 is 11.7 Å². The molecule has 0 heterocycles. The van der Waals surface area contributed by atoms with Gasteiger partial charge in [-0.05, 0) is 37.1 Å². The first-order valence-corrected chi connectivity index (χ1v) is 5.82. The molecule has 1 aromatic rings. The van der Waals surface area contributed by atoms with Gasteiger partial charge in [0, 0.05) is 19.8 Å². The van der Waals surface area contributed by atoms with E-state index in [1.807, 2.05) is 25.1 Å². The van der Waals surface area contributed by atoms with Crippen molar-refractivity contribution in [3.63, 3.8) is 0 Å². The second-order valence-corrected chi connectivity index (χ2v) is 3.93. The Morgan fingerprint density at radius 1 is 1.35 bits per heavy atom. The maximum absolute atomic E-state index is 11.5. The molecule has 0 spiro atoms. The number of ether oxygens (including phenoxy) is 1. The predicted molar refractivity (Wildman–Crippen MR) is 69.7 cm³/mol. The van der Waals surface area contributed by atoms with Crippen molar-refractivity contribution in [2.75, 3.05) is 26.0 Å². The molecule has 4 nitrogen and oxygen atoms in total. The van der Waals surface area contributed by atoms with Gasteiger partial charge in [0.1, 0.15) is 5.75 Å². The Balaban J connectivity index is 2.85. The quantitative estimate of drug-likeness (QED) is 0.873. The summed E-state index contributed by atoms with van der Waals surface area (Å²) in [5, 5.41) is 2.82. The van der Waals surface area contributed by atoms with Crippen LogP contribution in [0.2, 0.25) is 0 Å². The van der Waals surface area contributed by atoms with Crippen LogP contribution in [0.3, 0.4) is 0 Å². The van der Waals surface area contributed by atoms with Gasteiger partial charge in [0.15, 0.2) is 0 Å². The lowest BCUT2D eigenvalue weighted by Crippen LogP contribution is -2.27. The lowest BCUT2D eigenvalue weighted by molar-refractivity contribution is 0.230. The van der Waals surface area contributed by atoms with Gasteiger partial charge >= 0.3 is 6.03 Å². The van der Waals surface area contributed by atoms with Gasteiger partial charge in [-0.1, -0.05) is 6.92 Å². The molecule has 1 N–H and O–H groups in total. The lowest BCUT2D eigenvalue weighted by Gasteiger charge is -2.14. The van der Waals surface area contributed by atoms with Crippen molar-refractivity contribution in [1.82, 2.24) is 4.90 Å². The van der Waals surface area contributed by atoms with Crippen LogP contribution in [0.4, 0.5) is 10.5 Å². The summed E-state index contributed by atoms with van der Waals surface area (Å²) in [5.74, 6) is 0.887. The highest BCUT2D eigenvalue weighted by molar-refractivity contribution is 5.89. The van der Waals surface area contributed by atoms with Gasteiger partial charge in [-0.25, -0.2) is 4.79 Å². The molecule has 1 rings (SSSR count). The van der Waals surface area contributed by atoms with E-state index in [-0.39, 0.29) is 6.03 Å². The van der Waals surface area contributed by atoms with E-state index in [0.29, 0.717) is 6.61 Å². The van der Waals surface area contributed by atoms with Crippen LogP contribution in [0.15, 0.2) is 18.2 Å². The Morgan fingerprint density at radius 2 is 2.06 bits per heavy atom. The highest BCUT2D eigenvalue weighted by atomic mass is 16.5. The molecule has 0 atom stereocenters. The molecule has 17 heavy (non-hydrogen) atoms. The number of carbonyl (C=O) groups excluding carboxylic acids is 1. The van der Waals surface area contributed by atoms with Gasteiger partial charge in [-0.15, -0.1) is 0 Å². The molecule has 0 unspecified atom stereocenters. The smallest absolute Gasteiger partial charge is 0.321 e. The predicted octanol–water partition coefficient (Wildman–Crippen LogP) is 2.74. The maximum Gasteiger partial charge on any atom is 0.321 e. The second-order valence-electron chi connectivity index (χ2n) is 3.93. The van der Waals surface area contributed by atoms with Gasteiger partial charge in [0.25, 0.3) is 0 Å². The topological polar surface area (TPSA) is 41.6 Å². The zero-order valence-corrected chi connectivity index (χ0v) is 10.9. The van der Waals surface area contributed by atoms with Gasteiger partial charge in [-0.2, -0.15) is 0 Å². The minimum Gasteiger partial charge on any atom is -0.494 e. The van der Waals surface area contributed by atoms with Crippen molar-refractivity contribution in [2.45, 2.75) is 20.3 Å². The Bertz CT molecular complexity index is 389. The summed E-state index contributed by atoms with van der Waals surface area (Å²) in [6, 6.07) is 5.57. The van der Waals surface area contributed by atoms with Gasteiger partial charge < -0.3 is 15.0 Å². The fourth-order valence-corrected chi connectivity index (χ4v) is 1.47. The first kappa shape index (κ1) is 13.4. The molecule has 2 amide bonds. The molecule has 0 saturated heterocycles. The number of nitrogens with one attached hydrogen (secondary N) is 1. The molecule has 0 aliphatic carbocycles. The second kappa shape index (κ2) is 6.13. The van der Waals surface area contributed by atoms with E-state index in [4.69, 9.17) is 4.74 Å². The SMILES string of the molecule is CCOc1ccc(NC(=O)N(C)C)cc1CC. The number of amides is 2. The largest absolute Gasteiger partial charge is 0.494 e. The fraction of sp³-hybridized carbons (Fsp3) is 0.462. The van der Waals surface area contributed by atoms with Crippen molar-refractivity contribution in [3.8, 4) is 5.75 Å². The minimum absolute atomic E-state index is 0.129. The van der Waals surface area contributed by atoms with Crippen molar-refractivity contribution in [3.05, 3.63) is 23.8 Å². The fourth-order valence-electron chi connectivity index (χ4n) is 1.47. The van der Waals surface area contributed by atoms with Crippen LogP contribution in [0.5, 0.6) is 5.75 Å². The number of benzene rings is 1. The van der Waals surface area contributed by atoms with E-state index in [9.17, 15) is 4.79 Å². The van der Waals surface area contributed by atoms with Crippen molar-refractivity contribution < 1.29 is 9.53 Å². The average molecular weight is 236 g/mol. The number of anilines is 1. The summed E-state index contributed by atoms with van der Waals surface area (Å²) in [4.78, 5) is 13.0. The normalized spacial score (nSPS) is 9.88. The standard InChI is InChI=1S/C13H20N2O2/c1-5-10-9-11(14-13(16)15(3)4)7-8-12(10)17-6-2/h7-9H,5-6H2,1-4H3,(H,14,16). The number of aryl methyl sites for hydroxylation is 1. The number of urea groups is 1. The number of hydrogen-bond acceptors (Lipinski definition) is 2. The van der Waals surface area contributed by atoms with Gasteiger partial charge in [0.2, 0.25) is 0 Å². The molecule has 0 aromatic heterocycles. The number of hydrogen-bond donors (Lipinski definition) is 1. The molecule has 0 fully saturated rings. The lowest BCUT2D eigenvalue weighted by atomic mass is 10.1. The van der Waals surface area contributed by atoms with Crippen LogP contribution in [-0.2, 0) is 6.42 Å². The summed E-state index contributed by atoms with van der Waals surface area (Å²) in [6.45, 7) is 4.67. The number of carbonyl (C=O) groups is 1. The van der Waals surface area contributed by atoms with Crippen LogP contribution in [0, 0.1) is 0 Å². The number of rotatable bonds is 4. The van der Waals surface area contributed by atoms with Gasteiger partial charge in [0.05, 0.1) is 6.61 Å². The highest BCUT2D eigenvalue weighted by Crippen LogP contribution is 2.23. The van der Waals surface area contributed by atoms with Crippen LogP contribution < -0.4 is 10.1 Å². The zero-order chi connectivity index (χ0) is 12.8. The average Bonchev–Trinajstić information content (AvgIpc) is 2.31. The molecule has 0 saturated carbocycles. The third-order valence-electron chi connectivity index (χ3n) is 2.40. The van der Waals surface area contributed by atoms with Gasteiger partial charge in [-0.3, -0.25) is 0 Å². The molecule has 94 valence electrons. The van der Waals surface area contributed by atoms with E-state index < -0.39 is 0 Å². The Kier molecular flexibility index (Phi) is 4.82. The molecular formula is C13H20N2O2. The molecule has 0 aliphatic heterocycles. The Labute approximate surface area is 103 Å². The summed E-state index contributed by atoms with van der Waals surface area (Å²) >= 11 is 0. The van der Waals surface area contributed by atoms with Crippen molar-refractivity contribution in [1.29, 1.82) is 0 Å². The number of nitrogens with zero attached hydrogens (tertiary/aromatic N) is 1. The van der Waals surface area contributed by atoms with Crippen LogP contribution in [0.1, 0.15) is 19.4 Å². The molecule has 0 aliphatic rings. The maximum atomic E-state index is 11.5. The first-order chi connectivity index (χ1) is 8.08. The minimum atomic E-state index is -0.129. The summed E-state index contributed by atoms with van der Waals surface area (Å²) < 4.78 is 5.51. The van der Waals surface area contributed by atoms with Crippen molar-refractivity contribution in [2.24, 2.45) is 0 Å². The summed E-state index contributed by atoms with van der Waals surface area (Å²) in [6.07, 6.45) is 0.876. The van der Waals surface area contributed by atoms with E-state index in [1.54, 1.807) is 14.1 Å². The molecule has 0 radical (unpaired) electrons. The Hall–Kier alpha value is -1.71. The highest BCUT2D eigenvalue weighted by Gasteiger charge is 2.07. The Morgan fingerprint density at radius 3 is 2.59 bits per heavy atom. The van der Waals surface area contributed by atoms with Crippen LogP contribution in [-0.4, -0.2) is 31.6 Å². The van der Waals surface area contributed by atoms with Crippen LogP contribution in [0.25, 0.3) is 0 Å². The molecule has 4 heteroatoms. The van der Waals surface area contributed by atoms with E-state index in [1.165, 1.54) is 4.90 Å². The molecule has 1 aromatic carbocycles. The molecule has 0 bridgehead atoms. The van der Waals surface area contributed by atoms with Crippen LogP contribution >= 0.6 is 0 Å². The summed E-state index contributed by atoms with van der Waals surface area (Å²) in [5.41, 5.74) is 1.90. The van der Waals surface area contributed by atoms with E-state index >= 15 is 0 Å². The third kappa shape index (κ3) is 3.66. The first-order valence-electron chi connectivity index (χ1n) is 5.82. The molecular weight excluding hydrogens is 216 g/mol.